The minimum absolute atomic E-state index is 0.896. The van der Waals surface area contributed by atoms with Gasteiger partial charge in [-0.25, -0.2) is 0 Å². The van der Waals surface area contributed by atoms with E-state index in [1.807, 2.05) is 19.1 Å². The van der Waals surface area contributed by atoms with Crippen LogP contribution < -0.4 is 4.74 Å². The molecule has 0 N–H and O–H groups in total. The van der Waals surface area contributed by atoms with Crippen LogP contribution in [0.15, 0.2) is 24.8 Å². The molecule has 0 aliphatic rings. The molecule has 0 radical (unpaired) electrons. The van der Waals surface area contributed by atoms with E-state index in [1.165, 1.54) is 5.56 Å². The van der Waals surface area contributed by atoms with E-state index >= 15 is 0 Å². The zero-order valence-electron chi connectivity index (χ0n) is 7.85. The first-order chi connectivity index (χ1) is 5.65. The van der Waals surface area contributed by atoms with Crippen molar-refractivity contribution in [2.75, 3.05) is 7.11 Å². The average molecular weight is 162 g/mol. The lowest BCUT2D eigenvalue weighted by atomic mass is 10.1. The molecule has 0 aliphatic carbocycles. The van der Waals surface area contributed by atoms with E-state index in [1.54, 1.807) is 7.11 Å². The van der Waals surface area contributed by atoms with Gasteiger partial charge >= 0.3 is 0 Å². The van der Waals surface area contributed by atoms with E-state index in [-0.39, 0.29) is 0 Å². The first-order valence-corrected chi connectivity index (χ1v) is 3.95. The predicted octanol–water partition coefficient (Wildman–Crippen LogP) is 3.04. The molecule has 1 aromatic rings. The third-order valence-electron chi connectivity index (χ3n) is 1.81. The maximum Gasteiger partial charge on any atom is 0.126 e. The van der Waals surface area contributed by atoms with Gasteiger partial charge in [0.2, 0.25) is 0 Å². The Kier molecular flexibility index (Phi) is 2.54. The summed E-state index contributed by atoms with van der Waals surface area (Å²) in [5, 5.41) is 0. The van der Waals surface area contributed by atoms with Gasteiger partial charge in [-0.1, -0.05) is 18.2 Å². The van der Waals surface area contributed by atoms with Crippen LogP contribution in [0, 0.1) is 6.92 Å². The van der Waals surface area contributed by atoms with Crippen molar-refractivity contribution in [1.82, 2.24) is 0 Å². The van der Waals surface area contributed by atoms with Crippen molar-refractivity contribution in [2.45, 2.75) is 13.8 Å². The Bertz CT molecular complexity index is 300. The van der Waals surface area contributed by atoms with Crippen LogP contribution in [0.3, 0.4) is 0 Å². The molecule has 0 atom stereocenters. The van der Waals surface area contributed by atoms with E-state index in [2.05, 4.69) is 19.6 Å². The van der Waals surface area contributed by atoms with Crippen LogP contribution in [0.5, 0.6) is 5.75 Å². The number of methoxy groups -OCH3 is 1. The van der Waals surface area contributed by atoms with Crippen molar-refractivity contribution in [3.63, 3.8) is 0 Å². The summed E-state index contributed by atoms with van der Waals surface area (Å²) in [6.07, 6.45) is 0. The van der Waals surface area contributed by atoms with Crippen LogP contribution in [-0.2, 0) is 0 Å². The first-order valence-electron chi connectivity index (χ1n) is 3.95. The molecule has 12 heavy (non-hydrogen) atoms. The zero-order chi connectivity index (χ0) is 9.14. The number of hydrogen-bond donors (Lipinski definition) is 0. The highest BCUT2D eigenvalue weighted by molar-refractivity contribution is 5.67. The largest absolute Gasteiger partial charge is 0.496 e. The topological polar surface area (TPSA) is 9.23 Å². The van der Waals surface area contributed by atoms with Gasteiger partial charge in [-0.3, -0.25) is 0 Å². The van der Waals surface area contributed by atoms with Crippen molar-refractivity contribution in [3.8, 4) is 5.75 Å². The van der Waals surface area contributed by atoms with Crippen LogP contribution in [-0.4, -0.2) is 7.11 Å². The molecule has 0 aromatic heterocycles. The smallest absolute Gasteiger partial charge is 0.126 e. The molecule has 0 saturated heterocycles. The number of rotatable bonds is 2. The maximum atomic E-state index is 5.20. The van der Waals surface area contributed by atoms with Crippen LogP contribution in [0.1, 0.15) is 18.1 Å². The first kappa shape index (κ1) is 8.85. The molecule has 0 fully saturated rings. The summed E-state index contributed by atoms with van der Waals surface area (Å²) in [5.74, 6) is 0.896. The molecule has 0 bridgehead atoms. The molecule has 0 amide bonds. The van der Waals surface area contributed by atoms with Crippen molar-refractivity contribution < 1.29 is 4.74 Å². The van der Waals surface area contributed by atoms with Gasteiger partial charge in [0, 0.05) is 5.56 Å². The molecule has 0 spiro atoms. The summed E-state index contributed by atoms with van der Waals surface area (Å²) in [6.45, 7) is 7.94. The summed E-state index contributed by atoms with van der Waals surface area (Å²) < 4.78 is 5.20. The standard InChI is InChI=1S/C11H14O/c1-8(2)10-7-9(3)5-6-11(10)12-4/h5-7H,1H2,2-4H3. The maximum absolute atomic E-state index is 5.20. The zero-order valence-corrected chi connectivity index (χ0v) is 7.85. The van der Waals surface area contributed by atoms with Crippen LogP contribution >= 0.6 is 0 Å². The van der Waals surface area contributed by atoms with Crippen LogP contribution in [0.2, 0.25) is 0 Å². The molecule has 0 saturated carbocycles. The molecular formula is C11H14O. The Morgan fingerprint density at radius 1 is 1.42 bits per heavy atom. The van der Waals surface area contributed by atoms with E-state index in [0.717, 1.165) is 16.9 Å². The fourth-order valence-electron chi connectivity index (χ4n) is 1.16. The Labute approximate surface area is 73.7 Å². The molecule has 1 aromatic carbocycles. The van der Waals surface area contributed by atoms with E-state index < -0.39 is 0 Å². The monoisotopic (exact) mass is 162 g/mol. The third-order valence-corrected chi connectivity index (χ3v) is 1.81. The van der Waals surface area contributed by atoms with Crippen molar-refractivity contribution in [1.29, 1.82) is 0 Å². The van der Waals surface area contributed by atoms with Crippen LogP contribution in [0.4, 0.5) is 0 Å². The van der Waals surface area contributed by atoms with Gasteiger partial charge in [0.25, 0.3) is 0 Å². The highest BCUT2D eigenvalue weighted by Crippen LogP contribution is 2.25. The average Bonchev–Trinajstić information content (AvgIpc) is 2.04. The molecule has 1 nitrogen and oxygen atoms in total. The number of ether oxygens (including phenoxy) is 1. The third kappa shape index (κ3) is 1.67. The Balaban J connectivity index is 3.21. The molecule has 64 valence electrons. The quantitative estimate of drug-likeness (QED) is 0.649. The minimum Gasteiger partial charge on any atom is -0.496 e. The van der Waals surface area contributed by atoms with Gasteiger partial charge in [0.1, 0.15) is 5.75 Å². The van der Waals surface area contributed by atoms with Gasteiger partial charge < -0.3 is 4.74 Å². The Morgan fingerprint density at radius 2 is 2.08 bits per heavy atom. The predicted molar refractivity (Wildman–Crippen MR) is 52.4 cm³/mol. The lowest BCUT2D eigenvalue weighted by Gasteiger charge is -2.08. The van der Waals surface area contributed by atoms with E-state index in [4.69, 9.17) is 4.74 Å². The number of aryl methyl sites for hydroxylation is 1. The Hall–Kier alpha value is -1.24. The fraction of sp³-hybridized carbons (Fsp3) is 0.273. The molecule has 0 heterocycles. The number of hydrogen-bond acceptors (Lipinski definition) is 1. The highest BCUT2D eigenvalue weighted by atomic mass is 16.5. The highest BCUT2D eigenvalue weighted by Gasteiger charge is 2.02. The lowest BCUT2D eigenvalue weighted by molar-refractivity contribution is 0.413. The summed E-state index contributed by atoms with van der Waals surface area (Å²) in [4.78, 5) is 0. The van der Waals surface area contributed by atoms with E-state index in [9.17, 15) is 0 Å². The molecule has 1 heteroatoms. The van der Waals surface area contributed by atoms with Gasteiger partial charge in [0.15, 0.2) is 0 Å². The summed E-state index contributed by atoms with van der Waals surface area (Å²) in [7, 11) is 1.68. The number of allylic oxidation sites excluding steroid dienone is 1. The second kappa shape index (κ2) is 3.44. The molecular weight excluding hydrogens is 148 g/mol. The Morgan fingerprint density at radius 3 is 2.58 bits per heavy atom. The molecule has 1 rings (SSSR count). The van der Waals surface area contributed by atoms with Gasteiger partial charge in [-0.15, -0.1) is 0 Å². The minimum atomic E-state index is 0.896. The SMILES string of the molecule is C=C(C)c1cc(C)ccc1OC. The summed E-state index contributed by atoms with van der Waals surface area (Å²) >= 11 is 0. The summed E-state index contributed by atoms with van der Waals surface area (Å²) in [5.41, 5.74) is 3.36. The fourth-order valence-corrected chi connectivity index (χ4v) is 1.16. The molecule has 0 aliphatic heterocycles. The second-order valence-corrected chi connectivity index (χ2v) is 2.98. The van der Waals surface area contributed by atoms with Crippen molar-refractivity contribution >= 4 is 5.57 Å². The van der Waals surface area contributed by atoms with Crippen molar-refractivity contribution in [3.05, 3.63) is 35.9 Å². The van der Waals surface area contributed by atoms with E-state index in [0.29, 0.717) is 0 Å². The van der Waals surface area contributed by atoms with Gasteiger partial charge in [0.05, 0.1) is 7.11 Å². The van der Waals surface area contributed by atoms with Gasteiger partial charge in [-0.2, -0.15) is 0 Å². The summed E-state index contributed by atoms with van der Waals surface area (Å²) in [6, 6.07) is 6.09. The number of benzene rings is 1. The second-order valence-electron chi connectivity index (χ2n) is 2.98. The molecule has 0 unspecified atom stereocenters. The van der Waals surface area contributed by atoms with Crippen LogP contribution in [0.25, 0.3) is 5.57 Å². The van der Waals surface area contributed by atoms with Gasteiger partial charge in [-0.05, 0) is 31.6 Å². The lowest BCUT2D eigenvalue weighted by Crippen LogP contribution is -1.89. The normalized spacial score (nSPS) is 9.58. The van der Waals surface area contributed by atoms with Crippen molar-refractivity contribution in [2.24, 2.45) is 0 Å².